The number of halogens is 1. The monoisotopic (exact) mass is 340 g/mol. The summed E-state index contributed by atoms with van der Waals surface area (Å²) in [6.07, 6.45) is -0.521. The van der Waals surface area contributed by atoms with Gasteiger partial charge in [0, 0.05) is 15.4 Å². The topological polar surface area (TPSA) is 98.0 Å². The van der Waals surface area contributed by atoms with Gasteiger partial charge >= 0.3 is 0 Å². The van der Waals surface area contributed by atoms with E-state index < -0.39 is 6.10 Å². The van der Waals surface area contributed by atoms with Crippen LogP contribution in [-0.4, -0.2) is 15.1 Å². The molecule has 19 heavy (non-hydrogen) atoms. The van der Waals surface area contributed by atoms with Gasteiger partial charge in [0.05, 0.1) is 6.10 Å². The molecule has 5 N–H and O–H groups in total. The van der Waals surface area contributed by atoms with Crippen LogP contribution in [0.1, 0.15) is 18.6 Å². The molecule has 0 amide bonds. The predicted molar refractivity (Wildman–Crippen MR) is 79.8 cm³/mol. The van der Waals surface area contributed by atoms with Crippen molar-refractivity contribution in [2.75, 3.05) is 11.5 Å². The zero-order chi connectivity index (χ0) is 14.0. The van der Waals surface area contributed by atoms with E-state index in [1.54, 1.807) is 6.92 Å². The second-order valence-electron chi connectivity index (χ2n) is 3.96. The van der Waals surface area contributed by atoms with Gasteiger partial charge in [-0.3, -0.25) is 0 Å². The highest BCUT2D eigenvalue weighted by Crippen LogP contribution is 2.31. The van der Waals surface area contributed by atoms with Gasteiger partial charge in [0.15, 0.2) is 5.16 Å². The SMILES string of the molecule is CC(O)c1ccc(Sc2nc(N)cc(N)n2)cc1Br. The lowest BCUT2D eigenvalue weighted by atomic mass is 10.1. The van der Waals surface area contributed by atoms with E-state index in [1.165, 1.54) is 17.8 Å². The largest absolute Gasteiger partial charge is 0.389 e. The van der Waals surface area contributed by atoms with Crippen molar-refractivity contribution in [3.05, 3.63) is 34.3 Å². The fourth-order valence-corrected chi connectivity index (χ4v) is 3.21. The van der Waals surface area contributed by atoms with E-state index in [1.807, 2.05) is 18.2 Å². The van der Waals surface area contributed by atoms with Gasteiger partial charge < -0.3 is 16.6 Å². The first-order valence-corrected chi connectivity index (χ1v) is 7.12. The number of benzene rings is 1. The molecule has 0 spiro atoms. The van der Waals surface area contributed by atoms with Crippen LogP contribution in [0.2, 0.25) is 0 Å². The van der Waals surface area contributed by atoms with Gasteiger partial charge in [-0.25, -0.2) is 9.97 Å². The van der Waals surface area contributed by atoms with Crippen molar-refractivity contribution in [2.45, 2.75) is 23.1 Å². The van der Waals surface area contributed by atoms with Crippen LogP contribution in [0.25, 0.3) is 0 Å². The summed E-state index contributed by atoms with van der Waals surface area (Å²) in [7, 11) is 0. The number of aliphatic hydroxyl groups is 1. The Bertz CT molecular complexity index is 586. The van der Waals surface area contributed by atoms with Crippen molar-refractivity contribution in [3.63, 3.8) is 0 Å². The lowest BCUT2D eigenvalue weighted by molar-refractivity contribution is 0.198. The second kappa shape index (κ2) is 5.77. The highest BCUT2D eigenvalue weighted by molar-refractivity contribution is 9.10. The first-order chi connectivity index (χ1) is 8.95. The van der Waals surface area contributed by atoms with E-state index >= 15 is 0 Å². The molecule has 5 nitrogen and oxygen atoms in total. The first kappa shape index (κ1) is 14.1. The highest BCUT2D eigenvalue weighted by Gasteiger charge is 2.09. The highest BCUT2D eigenvalue weighted by atomic mass is 79.9. The molecule has 1 atom stereocenters. The molecule has 1 unspecified atom stereocenters. The molecule has 0 fully saturated rings. The van der Waals surface area contributed by atoms with Crippen molar-refractivity contribution < 1.29 is 5.11 Å². The lowest BCUT2D eigenvalue weighted by Crippen LogP contribution is -1.99. The summed E-state index contributed by atoms with van der Waals surface area (Å²) < 4.78 is 0.837. The minimum absolute atomic E-state index is 0.342. The Balaban J connectivity index is 2.26. The summed E-state index contributed by atoms with van der Waals surface area (Å²) in [5.74, 6) is 0.685. The van der Waals surface area contributed by atoms with Crippen LogP contribution in [0.15, 0.2) is 38.8 Å². The molecule has 0 bridgehead atoms. The Morgan fingerprint density at radius 2 is 1.84 bits per heavy atom. The molecule has 0 saturated heterocycles. The number of nitrogen functional groups attached to an aromatic ring is 2. The van der Waals surface area contributed by atoms with Gasteiger partial charge in [0.2, 0.25) is 0 Å². The van der Waals surface area contributed by atoms with E-state index in [-0.39, 0.29) is 0 Å². The molecule has 7 heteroatoms. The predicted octanol–water partition coefficient (Wildman–Crippen LogP) is 2.61. The number of nitrogens with zero attached hydrogens (tertiary/aromatic N) is 2. The third-order valence-corrected chi connectivity index (χ3v) is 3.92. The Morgan fingerprint density at radius 1 is 1.21 bits per heavy atom. The molecule has 1 aromatic carbocycles. The number of hydrogen-bond acceptors (Lipinski definition) is 6. The van der Waals surface area contributed by atoms with E-state index in [2.05, 4.69) is 25.9 Å². The third kappa shape index (κ3) is 3.59. The van der Waals surface area contributed by atoms with Crippen molar-refractivity contribution >= 4 is 39.3 Å². The molecule has 100 valence electrons. The van der Waals surface area contributed by atoms with Gasteiger partial charge in [-0.05, 0) is 36.4 Å². The second-order valence-corrected chi connectivity index (χ2v) is 5.86. The molecule has 0 aliphatic rings. The number of aliphatic hydroxyl groups excluding tert-OH is 1. The summed E-state index contributed by atoms with van der Waals surface area (Å²) in [4.78, 5) is 9.13. The fourth-order valence-electron chi connectivity index (χ4n) is 1.52. The number of rotatable bonds is 3. The number of anilines is 2. The smallest absolute Gasteiger partial charge is 0.196 e. The first-order valence-electron chi connectivity index (χ1n) is 5.51. The Labute approximate surface area is 123 Å². The van der Waals surface area contributed by atoms with Gasteiger partial charge in [0.25, 0.3) is 0 Å². The van der Waals surface area contributed by atoms with Crippen molar-refractivity contribution in [3.8, 4) is 0 Å². The lowest BCUT2D eigenvalue weighted by Gasteiger charge is -2.09. The van der Waals surface area contributed by atoms with Crippen LogP contribution in [0.5, 0.6) is 0 Å². The van der Waals surface area contributed by atoms with Crippen molar-refractivity contribution in [2.24, 2.45) is 0 Å². The zero-order valence-electron chi connectivity index (χ0n) is 10.2. The van der Waals surface area contributed by atoms with Crippen LogP contribution in [0.3, 0.4) is 0 Å². The standard InChI is InChI=1S/C12H13BrN4OS/c1-6(18)8-3-2-7(4-9(8)13)19-12-16-10(14)5-11(15)17-12/h2-6,18H,1H3,(H4,14,15,16,17). The van der Waals surface area contributed by atoms with Gasteiger partial charge in [-0.2, -0.15) is 0 Å². The maximum atomic E-state index is 9.56. The third-order valence-electron chi connectivity index (χ3n) is 2.38. The van der Waals surface area contributed by atoms with E-state index in [0.29, 0.717) is 16.8 Å². The van der Waals surface area contributed by atoms with E-state index in [9.17, 15) is 5.11 Å². The molecular weight excluding hydrogens is 328 g/mol. The Morgan fingerprint density at radius 3 is 2.37 bits per heavy atom. The molecular formula is C12H13BrN4OS. The average Bonchev–Trinajstić information content (AvgIpc) is 2.26. The summed E-state index contributed by atoms with van der Waals surface area (Å²) in [6, 6.07) is 7.15. The summed E-state index contributed by atoms with van der Waals surface area (Å²) in [5.41, 5.74) is 12.1. The van der Waals surface area contributed by atoms with Crippen molar-refractivity contribution in [1.82, 2.24) is 9.97 Å². The number of aromatic nitrogens is 2. The Hall–Kier alpha value is -1.31. The van der Waals surface area contributed by atoms with Crippen LogP contribution in [0, 0.1) is 0 Å². The minimum Gasteiger partial charge on any atom is -0.389 e. The summed E-state index contributed by atoms with van der Waals surface area (Å²) in [5, 5.41) is 10.1. The molecule has 0 radical (unpaired) electrons. The maximum absolute atomic E-state index is 9.56. The Kier molecular flexibility index (Phi) is 4.28. The fraction of sp³-hybridized carbons (Fsp3) is 0.167. The maximum Gasteiger partial charge on any atom is 0.196 e. The molecule has 0 aliphatic carbocycles. The minimum atomic E-state index is -0.521. The zero-order valence-corrected chi connectivity index (χ0v) is 12.6. The molecule has 1 aromatic heterocycles. The number of nitrogens with two attached hydrogens (primary N) is 2. The van der Waals surface area contributed by atoms with E-state index in [0.717, 1.165) is 14.9 Å². The molecule has 0 aliphatic heterocycles. The van der Waals surface area contributed by atoms with E-state index in [4.69, 9.17) is 11.5 Å². The van der Waals surface area contributed by atoms with Crippen LogP contribution in [-0.2, 0) is 0 Å². The molecule has 2 aromatic rings. The molecule has 2 rings (SSSR count). The van der Waals surface area contributed by atoms with Crippen LogP contribution >= 0.6 is 27.7 Å². The molecule has 1 heterocycles. The molecule has 0 saturated carbocycles. The van der Waals surface area contributed by atoms with Crippen LogP contribution < -0.4 is 11.5 Å². The summed E-state index contributed by atoms with van der Waals surface area (Å²) >= 11 is 4.78. The average molecular weight is 341 g/mol. The normalized spacial score (nSPS) is 12.4. The van der Waals surface area contributed by atoms with Crippen LogP contribution in [0.4, 0.5) is 11.6 Å². The summed E-state index contributed by atoms with van der Waals surface area (Å²) in [6.45, 7) is 1.72. The number of hydrogen-bond donors (Lipinski definition) is 3. The van der Waals surface area contributed by atoms with Gasteiger partial charge in [-0.1, -0.05) is 22.0 Å². The van der Waals surface area contributed by atoms with Gasteiger partial charge in [0.1, 0.15) is 11.6 Å². The van der Waals surface area contributed by atoms with Gasteiger partial charge in [-0.15, -0.1) is 0 Å². The van der Waals surface area contributed by atoms with Crippen molar-refractivity contribution in [1.29, 1.82) is 0 Å². The quantitative estimate of drug-likeness (QED) is 0.743.